The summed E-state index contributed by atoms with van der Waals surface area (Å²) in [5, 5.41) is 4.92. The lowest BCUT2D eigenvalue weighted by atomic mass is 9.84. The van der Waals surface area contributed by atoms with Gasteiger partial charge in [0.1, 0.15) is 0 Å². The van der Waals surface area contributed by atoms with Crippen molar-refractivity contribution in [3.05, 3.63) is 213 Å². The van der Waals surface area contributed by atoms with Gasteiger partial charge in [0.15, 0.2) is 0 Å². The van der Waals surface area contributed by atoms with Gasteiger partial charge >= 0.3 is 0 Å². The maximum absolute atomic E-state index is 2.45. The zero-order valence-electron chi connectivity index (χ0n) is 37.9. The Labute approximate surface area is 368 Å². The second-order valence-corrected chi connectivity index (χ2v) is 18.0. The second kappa shape index (κ2) is 16.2. The van der Waals surface area contributed by atoms with Gasteiger partial charge in [0.05, 0.1) is 0 Å². The summed E-state index contributed by atoms with van der Waals surface area (Å²) in [6.45, 7) is 22.0. The average molecular weight is 805 g/mol. The van der Waals surface area contributed by atoms with Crippen LogP contribution in [-0.4, -0.2) is 0 Å². The fourth-order valence-electron chi connectivity index (χ4n) is 9.78. The number of anilines is 6. The maximum Gasteiger partial charge on any atom is 0.0468 e. The summed E-state index contributed by atoms with van der Waals surface area (Å²) in [5.41, 5.74) is 24.3. The molecule has 9 aromatic rings. The summed E-state index contributed by atoms with van der Waals surface area (Å²) in [6.07, 6.45) is 0. The van der Waals surface area contributed by atoms with E-state index in [1.165, 1.54) is 99.4 Å². The zero-order valence-corrected chi connectivity index (χ0v) is 37.9. The largest absolute Gasteiger partial charge is 0.310 e. The highest BCUT2D eigenvalue weighted by molar-refractivity contribution is 6.22. The Bertz CT molecular complexity index is 2870. The molecule has 0 amide bonds. The molecule has 0 aliphatic heterocycles. The molecule has 9 rings (SSSR count). The van der Waals surface area contributed by atoms with Crippen LogP contribution < -0.4 is 9.80 Å². The van der Waals surface area contributed by atoms with E-state index in [-0.39, 0.29) is 0 Å². The lowest BCUT2D eigenvalue weighted by Gasteiger charge is -2.29. The molecular formula is C60H56N2. The van der Waals surface area contributed by atoms with Crippen LogP contribution in [0.2, 0.25) is 0 Å². The van der Waals surface area contributed by atoms with E-state index in [1.54, 1.807) is 0 Å². The Morgan fingerprint density at radius 1 is 0.210 bits per heavy atom. The number of rotatable bonds is 8. The molecule has 0 fully saturated rings. The van der Waals surface area contributed by atoms with Gasteiger partial charge in [0, 0.05) is 34.1 Å². The van der Waals surface area contributed by atoms with Crippen LogP contribution in [-0.2, 0) is 0 Å². The van der Waals surface area contributed by atoms with Crippen LogP contribution in [0, 0.1) is 69.2 Å². The molecule has 0 aliphatic rings. The van der Waals surface area contributed by atoms with E-state index in [4.69, 9.17) is 0 Å². The Balaban J connectivity index is 1.42. The number of aryl methyl sites for hydroxylation is 10. The monoisotopic (exact) mass is 804 g/mol. The molecule has 9 aromatic carbocycles. The van der Waals surface area contributed by atoms with E-state index >= 15 is 0 Å². The topological polar surface area (TPSA) is 6.48 Å². The highest BCUT2D eigenvalue weighted by Crippen LogP contribution is 2.49. The Hall–Kier alpha value is -6.90. The molecule has 0 spiro atoms. The van der Waals surface area contributed by atoms with Crippen molar-refractivity contribution < 1.29 is 0 Å². The molecule has 0 aliphatic carbocycles. The molecule has 0 heterocycles. The van der Waals surface area contributed by atoms with Crippen LogP contribution in [0.25, 0.3) is 43.8 Å². The lowest BCUT2D eigenvalue weighted by molar-refractivity contribution is 1.25. The van der Waals surface area contributed by atoms with Gasteiger partial charge in [0.25, 0.3) is 0 Å². The fourth-order valence-corrected chi connectivity index (χ4v) is 9.78. The first-order valence-electron chi connectivity index (χ1n) is 21.9. The minimum absolute atomic E-state index is 1.12. The molecule has 0 atom stereocenters. The van der Waals surface area contributed by atoms with Crippen LogP contribution in [0.4, 0.5) is 34.1 Å². The Morgan fingerprint density at radius 3 is 0.790 bits per heavy atom. The molecule has 0 bridgehead atoms. The molecule has 306 valence electrons. The minimum atomic E-state index is 1.12. The van der Waals surface area contributed by atoms with E-state index in [2.05, 4.69) is 237 Å². The minimum Gasteiger partial charge on any atom is -0.310 e. The zero-order chi connectivity index (χ0) is 43.4. The first-order valence-corrected chi connectivity index (χ1v) is 21.9. The Morgan fingerprint density at radius 2 is 0.484 bits per heavy atom. The van der Waals surface area contributed by atoms with Gasteiger partial charge in [-0.05, 0) is 208 Å². The van der Waals surface area contributed by atoms with Crippen molar-refractivity contribution in [2.24, 2.45) is 0 Å². The van der Waals surface area contributed by atoms with Crippen LogP contribution in [0.1, 0.15) is 55.6 Å². The predicted octanol–water partition coefficient (Wildman–Crippen LogP) is 17.4. The predicted molar refractivity (Wildman–Crippen MR) is 269 cm³/mol. The van der Waals surface area contributed by atoms with Crippen molar-refractivity contribution in [2.75, 3.05) is 9.80 Å². The number of hydrogen-bond acceptors (Lipinski definition) is 2. The third-order valence-corrected chi connectivity index (χ3v) is 12.1. The third-order valence-electron chi connectivity index (χ3n) is 12.1. The molecule has 2 heteroatoms. The summed E-state index contributed by atoms with van der Waals surface area (Å²) in [7, 11) is 0. The van der Waals surface area contributed by atoms with Gasteiger partial charge in [-0.3, -0.25) is 0 Å². The molecule has 0 radical (unpaired) electrons. The van der Waals surface area contributed by atoms with E-state index in [9.17, 15) is 0 Å². The van der Waals surface area contributed by atoms with Crippen LogP contribution in [0.3, 0.4) is 0 Å². The van der Waals surface area contributed by atoms with Crippen molar-refractivity contribution in [1.82, 2.24) is 0 Å². The highest BCUT2D eigenvalue weighted by atomic mass is 15.1. The molecule has 0 saturated carbocycles. The SMILES string of the molecule is Cc1ccc(N(c2cc(C)cc(C)c2)c2ccc3c(-c4cc(C)cc(C)c4)c4cc(N(c5ccc(C)cc5)c5cc(C)cc(C)c5)ccc4c(-c4cc(C)cc(C)c4)c3c2)cc1. The molecule has 62 heavy (non-hydrogen) atoms. The third kappa shape index (κ3) is 7.90. The van der Waals surface area contributed by atoms with Crippen molar-refractivity contribution in [3.8, 4) is 22.3 Å². The van der Waals surface area contributed by atoms with Gasteiger partial charge in [-0.2, -0.15) is 0 Å². The average Bonchev–Trinajstić information content (AvgIpc) is 3.20. The maximum atomic E-state index is 2.45. The lowest BCUT2D eigenvalue weighted by Crippen LogP contribution is -2.11. The fraction of sp³-hybridized carbons (Fsp3) is 0.167. The van der Waals surface area contributed by atoms with Crippen molar-refractivity contribution in [2.45, 2.75) is 69.2 Å². The summed E-state index contributed by atoms with van der Waals surface area (Å²) in [5.74, 6) is 0. The molecule has 0 saturated heterocycles. The molecule has 0 aromatic heterocycles. The van der Waals surface area contributed by atoms with E-state index in [0.29, 0.717) is 0 Å². The summed E-state index contributed by atoms with van der Waals surface area (Å²) in [4.78, 5) is 4.86. The highest BCUT2D eigenvalue weighted by Gasteiger charge is 2.23. The van der Waals surface area contributed by atoms with Crippen molar-refractivity contribution >= 4 is 55.7 Å². The van der Waals surface area contributed by atoms with Crippen molar-refractivity contribution in [3.63, 3.8) is 0 Å². The normalized spacial score (nSPS) is 11.4. The number of benzene rings is 9. The molecule has 0 unspecified atom stereocenters. The van der Waals surface area contributed by atoms with Gasteiger partial charge in [-0.15, -0.1) is 0 Å². The van der Waals surface area contributed by atoms with Crippen LogP contribution in [0.5, 0.6) is 0 Å². The smallest absolute Gasteiger partial charge is 0.0468 e. The summed E-state index contributed by atoms with van der Waals surface area (Å²) < 4.78 is 0. The first-order chi connectivity index (χ1) is 29.8. The van der Waals surface area contributed by atoms with Gasteiger partial charge < -0.3 is 9.80 Å². The Kier molecular flexibility index (Phi) is 10.6. The second-order valence-electron chi connectivity index (χ2n) is 18.0. The van der Waals surface area contributed by atoms with Gasteiger partial charge in [-0.25, -0.2) is 0 Å². The first kappa shape index (κ1) is 40.5. The van der Waals surface area contributed by atoms with Crippen LogP contribution >= 0.6 is 0 Å². The number of fused-ring (bicyclic) bond motifs is 2. The molecule has 2 nitrogen and oxygen atoms in total. The summed E-state index contributed by atoms with van der Waals surface area (Å²) in [6, 6.07) is 60.0. The standard InChI is InChI=1S/C60H56N2/c1-37-11-15-49(16-12-37)61(53-31-43(7)25-44(8)32-53)51-19-21-55-57(35-51)59(47-27-39(3)23-40(4)28-47)56-22-20-52(36-58(56)60(55)48-29-41(5)24-42(6)30-48)62(50-17-13-38(2)14-18-50)54-33-45(9)26-46(10)34-54/h11-36H,1-10H3. The number of hydrogen-bond donors (Lipinski definition) is 0. The number of nitrogens with zero attached hydrogens (tertiary/aromatic N) is 2. The van der Waals surface area contributed by atoms with Crippen molar-refractivity contribution in [1.29, 1.82) is 0 Å². The molecule has 0 N–H and O–H groups in total. The van der Waals surface area contributed by atoms with Gasteiger partial charge in [-0.1, -0.05) is 118 Å². The molecular weight excluding hydrogens is 749 g/mol. The van der Waals surface area contributed by atoms with E-state index in [0.717, 1.165) is 34.1 Å². The quantitative estimate of drug-likeness (QED) is 0.141. The summed E-state index contributed by atoms with van der Waals surface area (Å²) >= 11 is 0. The van der Waals surface area contributed by atoms with E-state index in [1.807, 2.05) is 0 Å². The van der Waals surface area contributed by atoms with Gasteiger partial charge in [0.2, 0.25) is 0 Å². The van der Waals surface area contributed by atoms with E-state index < -0.39 is 0 Å². The van der Waals surface area contributed by atoms with Crippen LogP contribution in [0.15, 0.2) is 158 Å².